The minimum Gasteiger partial charge on any atom is -0.497 e. The van der Waals surface area contributed by atoms with Gasteiger partial charge in [-0.1, -0.05) is 12.1 Å². The highest BCUT2D eigenvalue weighted by Crippen LogP contribution is 2.17. The summed E-state index contributed by atoms with van der Waals surface area (Å²) in [6.45, 7) is 1.51. The van der Waals surface area contributed by atoms with E-state index in [4.69, 9.17) is 14.2 Å². The van der Waals surface area contributed by atoms with Crippen LogP contribution in [0.25, 0.3) is 0 Å². The number of rotatable bonds is 7. The maximum absolute atomic E-state index is 12.0. The molecule has 0 aliphatic heterocycles. The van der Waals surface area contributed by atoms with Crippen LogP contribution in [0.1, 0.15) is 28.9 Å². The highest BCUT2D eigenvalue weighted by molar-refractivity contribution is 5.91. The molecular formula is C19H21NO5. The van der Waals surface area contributed by atoms with Crippen molar-refractivity contribution in [3.8, 4) is 11.5 Å². The molecular weight excluding hydrogens is 322 g/mol. The summed E-state index contributed by atoms with van der Waals surface area (Å²) in [5, 5.41) is 2.78. The van der Waals surface area contributed by atoms with Crippen LogP contribution in [0.5, 0.6) is 11.5 Å². The summed E-state index contributed by atoms with van der Waals surface area (Å²) in [5.41, 5.74) is 1.28. The molecule has 6 heteroatoms. The molecule has 6 nitrogen and oxygen atoms in total. The van der Waals surface area contributed by atoms with Gasteiger partial charge in [-0.3, -0.25) is 4.79 Å². The van der Waals surface area contributed by atoms with E-state index in [1.54, 1.807) is 38.5 Å². The molecule has 2 aromatic rings. The first-order valence-corrected chi connectivity index (χ1v) is 7.78. The lowest BCUT2D eigenvalue weighted by molar-refractivity contribution is -0.124. The minimum atomic E-state index is -0.560. The van der Waals surface area contributed by atoms with Gasteiger partial charge in [0.2, 0.25) is 0 Å². The highest BCUT2D eigenvalue weighted by atomic mass is 16.5. The Morgan fingerprint density at radius 1 is 0.920 bits per heavy atom. The molecule has 0 radical (unpaired) electrons. The standard InChI is InChI=1S/C19H21NO5/c1-13(14-4-8-16(23-2)9-5-14)20-18(21)12-25-19(22)15-6-10-17(24-3)11-7-15/h4-11,13H,12H2,1-3H3,(H,20,21)/t13-/m0/s1. The fourth-order valence-electron chi connectivity index (χ4n) is 2.20. The Hall–Kier alpha value is -3.02. The Balaban J connectivity index is 1.83. The highest BCUT2D eigenvalue weighted by Gasteiger charge is 2.13. The van der Waals surface area contributed by atoms with Crippen molar-refractivity contribution >= 4 is 11.9 Å². The fraction of sp³-hybridized carbons (Fsp3) is 0.263. The third kappa shape index (κ3) is 5.24. The maximum Gasteiger partial charge on any atom is 0.338 e. The van der Waals surface area contributed by atoms with Gasteiger partial charge in [0.05, 0.1) is 25.8 Å². The van der Waals surface area contributed by atoms with Crippen LogP contribution in [-0.4, -0.2) is 32.7 Å². The second-order valence-electron chi connectivity index (χ2n) is 5.37. The van der Waals surface area contributed by atoms with E-state index in [2.05, 4.69) is 5.32 Å². The second kappa shape index (κ2) is 8.73. The van der Waals surface area contributed by atoms with Crippen LogP contribution in [0.2, 0.25) is 0 Å². The second-order valence-corrected chi connectivity index (χ2v) is 5.37. The Labute approximate surface area is 146 Å². The van der Waals surface area contributed by atoms with E-state index in [0.717, 1.165) is 11.3 Å². The van der Waals surface area contributed by atoms with Crippen molar-refractivity contribution in [2.45, 2.75) is 13.0 Å². The maximum atomic E-state index is 12.0. The quantitative estimate of drug-likeness (QED) is 0.783. The van der Waals surface area contributed by atoms with E-state index >= 15 is 0 Å². The smallest absolute Gasteiger partial charge is 0.338 e. The van der Waals surface area contributed by atoms with Crippen molar-refractivity contribution in [2.24, 2.45) is 0 Å². The zero-order valence-corrected chi connectivity index (χ0v) is 14.4. The molecule has 2 aromatic carbocycles. The van der Waals surface area contributed by atoms with Gasteiger partial charge in [0.25, 0.3) is 5.91 Å². The van der Waals surface area contributed by atoms with Crippen LogP contribution in [0.3, 0.4) is 0 Å². The molecule has 0 unspecified atom stereocenters. The third-order valence-corrected chi connectivity index (χ3v) is 3.65. The van der Waals surface area contributed by atoms with Crippen molar-refractivity contribution in [1.82, 2.24) is 5.32 Å². The van der Waals surface area contributed by atoms with E-state index in [1.165, 1.54) is 0 Å². The lowest BCUT2D eigenvalue weighted by Crippen LogP contribution is -2.31. The van der Waals surface area contributed by atoms with E-state index in [1.807, 2.05) is 31.2 Å². The van der Waals surface area contributed by atoms with Gasteiger partial charge >= 0.3 is 5.97 Å². The number of amides is 1. The molecule has 0 heterocycles. The summed E-state index contributed by atoms with van der Waals surface area (Å²) in [4.78, 5) is 23.9. The average molecular weight is 343 g/mol. The van der Waals surface area contributed by atoms with Gasteiger partial charge in [0.15, 0.2) is 6.61 Å². The predicted octanol–water partition coefficient (Wildman–Crippen LogP) is 2.74. The molecule has 0 aromatic heterocycles. The van der Waals surface area contributed by atoms with E-state index < -0.39 is 5.97 Å². The van der Waals surface area contributed by atoms with Crippen molar-refractivity contribution in [2.75, 3.05) is 20.8 Å². The van der Waals surface area contributed by atoms with Gasteiger partial charge in [0, 0.05) is 0 Å². The van der Waals surface area contributed by atoms with Gasteiger partial charge in [-0.2, -0.15) is 0 Å². The summed E-state index contributed by atoms with van der Waals surface area (Å²) >= 11 is 0. The lowest BCUT2D eigenvalue weighted by atomic mass is 10.1. The van der Waals surface area contributed by atoms with Crippen LogP contribution in [-0.2, 0) is 9.53 Å². The SMILES string of the molecule is COc1ccc(C(=O)OCC(=O)N[C@@H](C)c2ccc(OC)cc2)cc1. The topological polar surface area (TPSA) is 73.9 Å². The number of hydrogen-bond acceptors (Lipinski definition) is 5. The number of hydrogen-bond donors (Lipinski definition) is 1. The van der Waals surface area contributed by atoms with Crippen molar-refractivity contribution < 1.29 is 23.8 Å². The van der Waals surface area contributed by atoms with E-state index in [-0.39, 0.29) is 18.6 Å². The summed E-state index contributed by atoms with van der Waals surface area (Å²) in [6, 6.07) is 13.6. The first-order chi connectivity index (χ1) is 12.0. The van der Waals surface area contributed by atoms with Crippen LogP contribution >= 0.6 is 0 Å². The normalized spacial score (nSPS) is 11.3. The Bertz CT molecular complexity index is 710. The zero-order valence-electron chi connectivity index (χ0n) is 14.4. The Morgan fingerprint density at radius 2 is 1.44 bits per heavy atom. The molecule has 0 saturated carbocycles. The summed E-state index contributed by atoms with van der Waals surface area (Å²) < 4.78 is 15.1. The minimum absolute atomic E-state index is 0.210. The van der Waals surface area contributed by atoms with Crippen LogP contribution in [0.4, 0.5) is 0 Å². The first-order valence-electron chi connectivity index (χ1n) is 7.78. The number of benzene rings is 2. The molecule has 132 valence electrons. The summed E-state index contributed by atoms with van der Waals surface area (Å²) in [5.74, 6) is 0.457. The van der Waals surface area contributed by atoms with Gasteiger partial charge in [0.1, 0.15) is 11.5 Å². The Kier molecular flexibility index (Phi) is 6.39. The zero-order chi connectivity index (χ0) is 18.2. The number of methoxy groups -OCH3 is 2. The van der Waals surface area contributed by atoms with Gasteiger partial charge in [-0.25, -0.2) is 4.79 Å². The number of carbonyl (C=O) groups is 2. The van der Waals surface area contributed by atoms with Gasteiger partial charge in [-0.05, 0) is 48.9 Å². The van der Waals surface area contributed by atoms with Crippen LogP contribution in [0.15, 0.2) is 48.5 Å². The molecule has 0 aliphatic rings. The summed E-state index contributed by atoms with van der Waals surface area (Å²) in [6.07, 6.45) is 0. The molecule has 0 saturated heterocycles. The number of nitrogens with one attached hydrogen (secondary N) is 1. The first kappa shape index (κ1) is 18.3. The molecule has 0 spiro atoms. The summed E-state index contributed by atoms with van der Waals surface area (Å²) in [7, 11) is 3.14. The largest absolute Gasteiger partial charge is 0.497 e. The average Bonchev–Trinajstić information content (AvgIpc) is 2.66. The van der Waals surface area contributed by atoms with E-state index in [0.29, 0.717) is 11.3 Å². The number of esters is 1. The molecule has 0 aliphatic carbocycles. The van der Waals surface area contributed by atoms with Crippen LogP contribution in [0, 0.1) is 0 Å². The van der Waals surface area contributed by atoms with Crippen LogP contribution < -0.4 is 14.8 Å². The fourth-order valence-corrected chi connectivity index (χ4v) is 2.20. The van der Waals surface area contributed by atoms with Gasteiger partial charge < -0.3 is 19.5 Å². The lowest BCUT2D eigenvalue weighted by Gasteiger charge is -2.15. The number of carbonyl (C=O) groups excluding carboxylic acids is 2. The molecule has 1 atom stereocenters. The van der Waals surface area contributed by atoms with Gasteiger partial charge in [-0.15, -0.1) is 0 Å². The molecule has 0 bridgehead atoms. The molecule has 1 N–H and O–H groups in total. The third-order valence-electron chi connectivity index (χ3n) is 3.65. The van der Waals surface area contributed by atoms with Crippen molar-refractivity contribution in [3.63, 3.8) is 0 Å². The number of ether oxygens (including phenoxy) is 3. The molecule has 0 fully saturated rings. The van der Waals surface area contributed by atoms with Crippen molar-refractivity contribution in [1.29, 1.82) is 0 Å². The monoisotopic (exact) mass is 343 g/mol. The molecule has 1 amide bonds. The predicted molar refractivity (Wildman–Crippen MR) is 92.8 cm³/mol. The molecule has 2 rings (SSSR count). The van der Waals surface area contributed by atoms with E-state index in [9.17, 15) is 9.59 Å². The van der Waals surface area contributed by atoms with Crippen molar-refractivity contribution in [3.05, 3.63) is 59.7 Å². The Morgan fingerprint density at radius 3 is 1.96 bits per heavy atom. The molecule has 25 heavy (non-hydrogen) atoms.